The number of nitrogens with one attached hydrogen (secondary N) is 1. The Bertz CT molecular complexity index is 1290. The predicted octanol–water partition coefficient (Wildman–Crippen LogP) is 4.82. The summed E-state index contributed by atoms with van der Waals surface area (Å²) in [6.07, 6.45) is 0.781. The summed E-state index contributed by atoms with van der Waals surface area (Å²) in [6.45, 7) is 0.445. The van der Waals surface area contributed by atoms with Crippen LogP contribution in [0.2, 0.25) is 0 Å². The third kappa shape index (κ3) is 2.69. The normalized spacial score (nSPS) is 15.8. The molecule has 1 aliphatic rings. The average molecular weight is 405 g/mol. The number of aromatic hydroxyl groups is 1. The van der Waals surface area contributed by atoms with Gasteiger partial charge in [0.05, 0.1) is 5.69 Å². The fraction of sp³-hybridized carbons (Fsp3) is 0.130. The summed E-state index contributed by atoms with van der Waals surface area (Å²) in [5.74, 6) is 0.296. The number of nitrogens with zero attached hydrogens (tertiary/aromatic N) is 1. The van der Waals surface area contributed by atoms with E-state index in [1.54, 1.807) is 35.2 Å². The summed E-state index contributed by atoms with van der Waals surface area (Å²) in [6, 6.07) is 16.2. The number of phenolic OH excluding ortho intramolecular Hbond substituents is 1. The van der Waals surface area contributed by atoms with Crippen molar-refractivity contribution in [3.8, 4) is 5.75 Å². The van der Waals surface area contributed by atoms with Gasteiger partial charge in [0.1, 0.15) is 17.7 Å². The lowest BCUT2D eigenvalue weighted by Crippen LogP contribution is -2.30. The third-order valence-electron chi connectivity index (χ3n) is 5.59. The van der Waals surface area contributed by atoms with Crippen molar-refractivity contribution in [1.82, 2.24) is 4.98 Å². The van der Waals surface area contributed by atoms with Crippen LogP contribution in [0.5, 0.6) is 5.75 Å². The van der Waals surface area contributed by atoms with Gasteiger partial charge in [0.15, 0.2) is 0 Å². The van der Waals surface area contributed by atoms with Gasteiger partial charge in [0, 0.05) is 46.3 Å². The molecule has 0 bridgehead atoms. The minimum absolute atomic E-state index is 0.0211. The fourth-order valence-electron chi connectivity index (χ4n) is 4.23. The molecule has 29 heavy (non-hydrogen) atoms. The number of alkyl halides is 1. The zero-order valence-electron chi connectivity index (χ0n) is 15.4. The minimum Gasteiger partial charge on any atom is -0.507 e. The van der Waals surface area contributed by atoms with Crippen LogP contribution in [-0.4, -0.2) is 34.7 Å². The van der Waals surface area contributed by atoms with Gasteiger partial charge in [-0.25, -0.2) is 0 Å². The SMILES string of the molecule is O=Cc1ccc2[nH]c(C(=O)N3C[C@@H](CCl)c4c3cc(O)c3ccccc43)cc2c1. The number of H-pyrrole nitrogens is 1. The molecule has 1 atom stereocenters. The molecule has 6 heteroatoms. The second-order valence-electron chi connectivity index (χ2n) is 7.29. The quantitative estimate of drug-likeness (QED) is 0.379. The van der Waals surface area contributed by atoms with Crippen LogP contribution in [-0.2, 0) is 0 Å². The number of anilines is 1. The number of hydrogen-bond donors (Lipinski definition) is 2. The molecule has 1 amide bonds. The second kappa shape index (κ2) is 6.64. The fourth-order valence-corrected chi connectivity index (χ4v) is 4.48. The van der Waals surface area contributed by atoms with Crippen molar-refractivity contribution < 1.29 is 14.7 Å². The number of carbonyl (C=O) groups is 2. The summed E-state index contributed by atoms with van der Waals surface area (Å²) in [4.78, 5) is 29.2. The lowest BCUT2D eigenvalue weighted by atomic mass is 9.95. The maximum Gasteiger partial charge on any atom is 0.274 e. The zero-order chi connectivity index (χ0) is 20.1. The molecule has 5 rings (SSSR count). The predicted molar refractivity (Wildman–Crippen MR) is 114 cm³/mol. The Hall–Kier alpha value is -3.31. The molecule has 0 saturated heterocycles. The number of hydrogen-bond acceptors (Lipinski definition) is 3. The van der Waals surface area contributed by atoms with E-state index in [0.29, 0.717) is 29.4 Å². The molecule has 2 heterocycles. The number of fused-ring (bicyclic) bond motifs is 4. The topological polar surface area (TPSA) is 73.4 Å². The highest BCUT2D eigenvalue weighted by atomic mass is 35.5. The Morgan fingerprint density at radius 2 is 1.97 bits per heavy atom. The van der Waals surface area contributed by atoms with Crippen molar-refractivity contribution in [1.29, 1.82) is 0 Å². The third-order valence-corrected chi connectivity index (χ3v) is 5.96. The zero-order valence-corrected chi connectivity index (χ0v) is 16.1. The molecule has 3 aromatic carbocycles. The molecule has 1 aromatic heterocycles. The number of halogens is 1. The molecule has 1 aliphatic heterocycles. The van der Waals surface area contributed by atoms with Gasteiger partial charge in [-0.3, -0.25) is 9.59 Å². The van der Waals surface area contributed by atoms with E-state index in [2.05, 4.69) is 4.98 Å². The van der Waals surface area contributed by atoms with Gasteiger partial charge in [-0.1, -0.05) is 24.3 Å². The van der Waals surface area contributed by atoms with Crippen LogP contribution >= 0.6 is 11.6 Å². The first-order chi connectivity index (χ1) is 14.1. The Morgan fingerprint density at radius 1 is 1.17 bits per heavy atom. The van der Waals surface area contributed by atoms with Gasteiger partial charge in [-0.15, -0.1) is 11.6 Å². The number of phenols is 1. The smallest absolute Gasteiger partial charge is 0.274 e. The van der Waals surface area contributed by atoms with Crippen molar-refractivity contribution in [3.05, 3.63) is 71.4 Å². The Labute approximate surface area is 171 Å². The van der Waals surface area contributed by atoms with E-state index in [4.69, 9.17) is 11.6 Å². The lowest BCUT2D eigenvalue weighted by molar-refractivity contribution is 0.0984. The first-order valence-corrected chi connectivity index (χ1v) is 9.84. The van der Waals surface area contributed by atoms with E-state index in [1.165, 1.54) is 0 Å². The molecular weight excluding hydrogens is 388 g/mol. The highest BCUT2D eigenvalue weighted by Gasteiger charge is 2.35. The molecule has 4 aromatic rings. The Balaban J connectivity index is 1.63. The van der Waals surface area contributed by atoms with Gasteiger partial charge in [-0.05, 0) is 35.2 Å². The van der Waals surface area contributed by atoms with Gasteiger partial charge in [-0.2, -0.15) is 0 Å². The first kappa shape index (κ1) is 17.8. The number of amides is 1. The Kier molecular flexibility index (Phi) is 4.07. The summed E-state index contributed by atoms with van der Waals surface area (Å²) < 4.78 is 0. The van der Waals surface area contributed by atoms with Crippen LogP contribution in [0, 0.1) is 0 Å². The number of benzene rings is 3. The lowest BCUT2D eigenvalue weighted by Gasteiger charge is -2.17. The number of rotatable bonds is 3. The minimum atomic E-state index is -0.197. The molecule has 0 radical (unpaired) electrons. The number of aromatic amines is 1. The van der Waals surface area contributed by atoms with Gasteiger partial charge >= 0.3 is 0 Å². The standard InChI is InChI=1S/C23H17ClN2O3/c24-10-15-11-26(20-9-21(28)16-3-1-2-4-17(16)22(15)20)23(29)19-8-14-7-13(12-27)5-6-18(14)25-19/h1-9,12,15,25,28H,10-11H2/t15-/m1/s1. The van der Waals surface area contributed by atoms with Crippen LogP contribution in [0.15, 0.2) is 54.6 Å². The van der Waals surface area contributed by atoms with Crippen LogP contribution in [0.1, 0.15) is 32.3 Å². The van der Waals surface area contributed by atoms with Crippen LogP contribution in [0.4, 0.5) is 5.69 Å². The molecule has 0 aliphatic carbocycles. The van der Waals surface area contributed by atoms with E-state index in [1.807, 2.05) is 24.3 Å². The second-order valence-corrected chi connectivity index (χ2v) is 7.60. The van der Waals surface area contributed by atoms with E-state index >= 15 is 0 Å². The van der Waals surface area contributed by atoms with Gasteiger partial charge in [0.25, 0.3) is 5.91 Å². The highest BCUT2D eigenvalue weighted by Crippen LogP contribution is 2.45. The summed E-state index contributed by atoms with van der Waals surface area (Å²) in [7, 11) is 0. The maximum atomic E-state index is 13.3. The van der Waals surface area contributed by atoms with E-state index in [-0.39, 0.29) is 17.6 Å². The molecule has 0 fully saturated rings. The Morgan fingerprint density at radius 3 is 2.72 bits per heavy atom. The van der Waals surface area contributed by atoms with Crippen molar-refractivity contribution >= 4 is 51.2 Å². The van der Waals surface area contributed by atoms with Crippen LogP contribution < -0.4 is 4.90 Å². The van der Waals surface area contributed by atoms with Crippen molar-refractivity contribution in [2.45, 2.75) is 5.92 Å². The van der Waals surface area contributed by atoms with E-state index < -0.39 is 0 Å². The highest BCUT2D eigenvalue weighted by molar-refractivity contribution is 6.19. The summed E-state index contributed by atoms with van der Waals surface area (Å²) >= 11 is 6.25. The molecule has 0 saturated carbocycles. The average Bonchev–Trinajstić information content (AvgIpc) is 3.34. The van der Waals surface area contributed by atoms with Crippen molar-refractivity contribution in [2.24, 2.45) is 0 Å². The van der Waals surface area contributed by atoms with Gasteiger partial charge < -0.3 is 15.0 Å². The van der Waals surface area contributed by atoms with Crippen molar-refractivity contribution in [2.75, 3.05) is 17.3 Å². The van der Waals surface area contributed by atoms with Gasteiger partial charge in [0.2, 0.25) is 0 Å². The molecule has 0 spiro atoms. The number of aromatic nitrogens is 1. The maximum absolute atomic E-state index is 13.3. The molecule has 5 nitrogen and oxygen atoms in total. The van der Waals surface area contributed by atoms with E-state index in [9.17, 15) is 14.7 Å². The summed E-state index contributed by atoms with van der Waals surface area (Å²) in [5.41, 5.74) is 3.44. The number of carbonyl (C=O) groups excluding carboxylic acids is 2. The van der Waals surface area contributed by atoms with Crippen LogP contribution in [0.3, 0.4) is 0 Å². The first-order valence-electron chi connectivity index (χ1n) is 9.31. The monoisotopic (exact) mass is 404 g/mol. The molecule has 2 N–H and O–H groups in total. The van der Waals surface area contributed by atoms with Crippen molar-refractivity contribution in [3.63, 3.8) is 0 Å². The molecular formula is C23H17ClN2O3. The number of aldehydes is 1. The molecule has 144 valence electrons. The summed E-state index contributed by atoms with van der Waals surface area (Å²) in [5, 5.41) is 13.0. The molecule has 0 unspecified atom stereocenters. The largest absolute Gasteiger partial charge is 0.507 e. The van der Waals surface area contributed by atoms with E-state index in [0.717, 1.165) is 33.5 Å². The van der Waals surface area contributed by atoms with Crippen LogP contribution in [0.25, 0.3) is 21.7 Å².